The molecule has 0 spiro atoms. The van der Waals surface area contributed by atoms with Gasteiger partial charge in [0.05, 0.1) is 25.9 Å². The highest BCUT2D eigenvalue weighted by molar-refractivity contribution is 5.96. The number of nitrogens with one attached hydrogen (secondary N) is 1. The lowest BCUT2D eigenvalue weighted by Gasteiger charge is -2.37. The van der Waals surface area contributed by atoms with Crippen molar-refractivity contribution in [2.24, 2.45) is 0 Å². The van der Waals surface area contributed by atoms with E-state index in [0.29, 0.717) is 13.1 Å². The minimum Gasteiger partial charge on any atom is -0.495 e. The number of aromatic nitrogens is 2. The number of carbonyl (C=O) groups excluding carboxylic acids is 1. The summed E-state index contributed by atoms with van der Waals surface area (Å²) in [7, 11) is 1.66. The molecule has 0 bridgehead atoms. The molecule has 10 heteroatoms. The van der Waals surface area contributed by atoms with Gasteiger partial charge in [0.25, 0.3) is 5.56 Å². The number of likely N-dealkylation sites (N-methyl/N-ethyl adjacent to an activating group) is 1. The molecule has 36 heavy (non-hydrogen) atoms. The predicted octanol–water partition coefficient (Wildman–Crippen LogP) is 1.35. The summed E-state index contributed by atoms with van der Waals surface area (Å²) >= 11 is 0. The molecular weight excluding hydrogens is 460 g/mol. The van der Waals surface area contributed by atoms with Crippen molar-refractivity contribution in [2.45, 2.75) is 13.5 Å². The van der Waals surface area contributed by atoms with Crippen molar-refractivity contribution in [1.82, 2.24) is 14.5 Å². The van der Waals surface area contributed by atoms with Crippen LogP contribution in [0.3, 0.4) is 0 Å². The Bertz CT molecular complexity index is 1310. The van der Waals surface area contributed by atoms with Crippen molar-refractivity contribution in [3.05, 3.63) is 81.0 Å². The number of ether oxygens (including phenoxy) is 1. The lowest BCUT2D eigenvalue weighted by atomic mass is 10.2. The first-order chi connectivity index (χ1) is 17.4. The van der Waals surface area contributed by atoms with E-state index >= 15 is 0 Å². The van der Waals surface area contributed by atoms with Gasteiger partial charge < -0.3 is 20.3 Å². The van der Waals surface area contributed by atoms with E-state index in [1.165, 1.54) is 9.47 Å². The molecule has 1 fully saturated rings. The highest BCUT2D eigenvalue weighted by Crippen LogP contribution is 2.28. The zero-order valence-corrected chi connectivity index (χ0v) is 20.6. The summed E-state index contributed by atoms with van der Waals surface area (Å²) < 4.78 is 6.76. The smallest absolute Gasteiger partial charge is 0.330 e. The summed E-state index contributed by atoms with van der Waals surface area (Å²) in [4.78, 5) is 46.5. The fraction of sp³-hybridized carbons (Fsp3) is 0.346. The van der Waals surface area contributed by atoms with Gasteiger partial charge in [-0.3, -0.25) is 24.0 Å². The molecule has 0 radical (unpaired) electrons. The zero-order chi connectivity index (χ0) is 25.7. The summed E-state index contributed by atoms with van der Waals surface area (Å²) in [6.45, 7) is 5.20. The van der Waals surface area contributed by atoms with Crippen LogP contribution in [-0.4, -0.2) is 66.7 Å². The molecule has 190 valence electrons. The molecule has 3 N–H and O–H groups in total. The van der Waals surface area contributed by atoms with E-state index in [0.717, 1.165) is 30.1 Å². The molecule has 1 aromatic heterocycles. The van der Waals surface area contributed by atoms with Crippen molar-refractivity contribution >= 4 is 23.1 Å². The Labute approximate surface area is 209 Å². The van der Waals surface area contributed by atoms with Gasteiger partial charge in [-0.1, -0.05) is 42.5 Å². The Morgan fingerprint density at radius 2 is 1.69 bits per heavy atom. The average molecular weight is 493 g/mol. The molecule has 0 aliphatic carbocycles. The number of nitrogens with zero attached hydrogens (tertiary/aromatic N) is 4. The molecule has 3 aromatic rings. The highest BCUT2D eigenvalue weighted by Gasteiger charge is 2.27. The van der Waals surface area contributed by atoms with E-state index in [2.05, 4.69) is 14.8 Å². The number of nitrogen functional groups attached to an aromatic ring is 1. The van der Waals surface area contributed by atoms with Gasteiger partial charge in [0.15, 0.2) is 5.69 Å². The SMILES string of the molecule is CCN(C(=O)CN1CCN(c2ccccc2OC)CC1)c1c(N)n(Cc2ccccc2)c(=O)[nH]c1=O. The Balaban J connectivity index is 1.49. The van der Waals surface area contributed by atoms with Crippen LogP contribution in [0.25, 0.3) is 0 Å². The fourth-order valence-corrected chi connectivity index (χ4v) is 4.53. The molecule has 1 amide bonds. The van der Waals surface area contributed by atoms with Crippen LogP contribution in [0.2, 0.25) is 0 Å². The second kappa shape index (κ2) is 11.1. The third-order valence-electron chi connectivity index (χ3n) is 6.44. The molecule has 10 nitrogen and oxygen atoms in total. The number of nitrogens with two attached hydrogens (primary N) is 1. The standard InChI is InChI=1S/C26H32N6O4/c1-3-31(23-24(27)32(26(35)28-25(23)34)17-19-9-5-4-6-10-19)22(33)18-29-13-15-30(16-14-29)20-11-7-8-12-21(20)36-2/h4-12H,3,13-18,27H2,1-2H3,(H,28,34,35). The van der Waals surface area contributed by atoms with Gasteiger partial charge in [0.2, 0.25) is 5.91 Å². The minimum absolute atomic E-state index is 0.00527. The first-order valence-corrected chi connectivity index (χ1v) is 12.0. The van der Waals surface area contributed by atoms with Gasteiger partial charge in [-0.25, -0.2) is 4.79 Å². The molecule has 0 saturated carbocycles. The topological polar surface area (TPSA) is 117 Å². The van der Waals surface area contributed by atoms with Crippen LogP contribution >= 0.6 is 0 Å². The van der Waals surface area contributed by atoms with Crippen molar-refractivity contribution in [3.63, 3.8) is 0 Å². The number of amides is 1. The van der Waals surface area contributed by atoms with Crippen LogP contribution in [0.15, 0.2) is 64.2 Å². The summed E-state index contributed by atoms with van der Waals surface area (Å²) in [5.41, 5.74) is 6.92. The fourth-order valence-electron chi connectivity index (χ4n) is 4.53. The Kier molecular flexibility index (Phi) is 7.74. The highest BCUT2D eigenvalue weighted by atomic mass is 16.5. The van der Waals surface area contributed by atoms with Crippen molar-refractivity contribution in [2.75, 3.05) is 61.9 Å². The normalized spacial score (nSPS) is 14.0. The van der Waals surface area contributed by atoms with Gasteiger partial charge in [-0.2, -0.15) is 0 Å². The number of rotatable bonds is 8. The summed E-state index contributed by atoms with van der Waals surface area (Å²) in [5.74, 6) is 0.550. The van der Waals surface area contributed by atoms with Crippen LogP contribution in [0.5, 0.6) is 5.75 Å². The Morgan fingerprint density at radius 3 is 2.36 bits per heavy atom. The molecule has 2 heterocycles. The third-order valence-corrected chi connectivity index (χ3v) is 6.44. The summed E-state index contributed by atoms with van der Waals surface area (Å²) in [6, 6.07) is 17.2. The number of hydrogen-bond donors (Lipinski definition) is 2. The third kappa shape index (κ3) is 5.28. The first-order valence-electron chi connectivity index (χ1n) is 12.0. The second-order valence-corrected chi connectivity index (χ2v) is 8.64. The van der Waals surface area contributed by atoms with E-state index < -0.39 is 11.2 Å². The van der Waals surface area contributed by atoms with Crippen molar-refractivity contribution in [1.29, 1.82) is 0 Å². The predicted molar refractivity (Wildman–Crippen MR) is 141 cm³/mol. The van der Waals surface area contributed by atoms with Crippen LogP contribution in [-0.2, 0) is 11.3 Å². The molecule has 2 aromatic carbocycles. The minimum atomic E-state index is -0.669. The van der Waals surface area contributed by atoms with Crippen LogP contribution in [0, 0.1) is 0 Å². The van der Waals surface area contributed by atoms with E-state index in [9.17, 15) is 14.4 Å². The molecule has 1 aliphatic heterocycles. The molecule has 4 rings (SSSR count). The number of H-pyrrole nitrogens is 1. The first kappa shape index (κ1) is 25.1. The molecule has 0 unspecified atom stereocenters. The number of methoxy groups -OCH3 is 1. The number of benzene rings is 2. The lowest BCUT2D eigenvalue weighted by molar-refractivity contribution is -0.119. The lowest BCUT2D eigenvalue weighted by Crippen LogP contribution is -2.51. The molecular formula is C26H32N6O4. The Hall–Kier alpha value is -4.05. The van der Waals surface area contributed by atoms with Gasteiger partial charge in [-0.15, -0.1) is 0 Å². The number of piperazine rings is 1. The monoisotopic (exact) mass is 492 g/mol. The number of anilines is 3. The second-order valence-electron chi connectivity index (χ2n) is 8.64. The van der Waals surface area contributed by atoms with Gasteiger partial charge in [0.1, 0.15) is 11.6 Å². The molecule has 0 atom stereocenters. The molecule has 1 aliphatic rings. The maximum Gasteiger partial charge on any atom is 0.330 e. The van der Waals surface area contributed by atoms with E-state index in [-0.39, 0.29) is 37.0 Å². The number of para-hydroxylation sites is 2. The quantitative estimate of drug-likeness (QED) is 0.488. The van der Waals surface area contributed by atoms with Crippen molar-refractivity contribution in [3.8, 4) is 5.75 Å². The van der Waals surface area contributed by atoms with E-state index in [4.69, 9.17) is 10.5 Å². The van der Waals surface area contributed by atoms with E-state index in [1.807, 2.05) is 54.6 Å². The maximum atomic E-state index is 13.3. The van der Waals surface area contributed by atoms with Gasteiger partial charge in [-0.05, 0) is 24.6 Å². The van der Waals surface area contributed by atoms with E-state index in [1.54, 1.807) is 14.0 Å². The Morgan fingerprint density at radius 1 is 1.03 bits per heavy atom. The summed E-state index contributed by atoms with van der Waals surface area (Å²) in [6.07, 6.45) is 0. The largest absolute Gasteiger partial charge is 0.495 e. The van der Waals surface area contributed by atoms with Crippen molar-refractivity contribution < 1.29 is 9.53 Å². The number of hydrogen-bond acceptors (Lipinski definition) is 7. The van der Waals surface area contributed by atoms with Crippen LogP contribution in [0.1, 0.15) is 12.5 Å². The van der Waals surface area contributed by atoms with Gasteiger partial charge >= 0.3 is 5.69 Å². The van der Waals surface area contributed by atoms with Gasteiger partial charge in [0, 0.05) is 32.7 Å². The van der Waals surface area contributed by atoms with Crippen LogP contribution in [0.4, 0.5) is 17.2 Å². The zero-order valence-electron chi connectivity index (χ0n) is 20.6. The van der Waals surface area contributed by atoms with Crippen LogP contribution < -0.4 is 31.5 Å². The number of carbonyl (C=O) groups is 1. The number of aromatic amines is 1. The maximum absolute atomic E-state index is 13.3. The molecule has 1 saturated heterocycles. The average Bonchev–Trinajstić information content (AvgIpc) is 2.90. The summed E-state index contributed by atoms with van der Waals surface area (Å²) in [5, 5.41) is 0.